The monoisotopic (exact) mass is 213 g/mol. The normalized spacial score (nSPS) is 21.6. The molecule has 0 spiro atoms. The number of halogens is 2. The Kier molecular flexibility index (Phi) is 2.86. The summed E-state index contributed by atoms with van der Waals surface area (Å²) in [5, 5.41) is 12.3. The zero-order valence-electron chi connectivity index (χ0n) is 8.26. The molecule has 0 saturated carbocycles. The molecule has 1 aliphatic heterocycles. The molecule has 82 valence electrons. The predicted molar refractivity (Wildman–Crippen MR) is 52.6 cm³/mol. The van der Waals surface area contributed by atoms with Crippen LogP contribution in [-0.2, 0) is 0 Å². The maximum absolute atomic E-state index is 13.4. The molecule has 1 fully saturated rings. The predicted octanol–water partition coefficient (Wildman–Crippen LogP) is 2.49. The molecule has 1 aliphatic rings. The molecule has 1 heterocycles. The Hall–Kier alpha value is -1.16. The van der Waals surface area contributed by atoms with Crippen LogP contribution in [0.15, 0.2) is 12.1 Å². The van der Waals surface area contributed by atoms with Crippen molar-refractivity contribution < 1.29 is 13.9 Å². The van der Waals surface area contributed by atoms with E-state index >= 15 is 0 Å². The van der Waals surface area contributed by atoms with Crippen molar-refractivity contribution >= 4 is 0 Å². The smallest absolute Gasteiger partial charge is 0.167 e. The van der Waals surface area contributed by atoms with Crippen LogP contribution >= 0.6 is 0 Å². The number of rotatable bonds is 1. The second kappa shape index (κ2) is 4.14. The van der Waals surface area contributed by atoms with Crippen LogP contribution in [-0.4, -0.2) is 11.7 Å². The Morgan fingerprint density at radius 1 is 1.20 bits per heavy atom. The van der Waals surface area contributed by atoms with Gasteiger partial charge in [-0.15, -0.1) is 0 Å². The van der Waals surface area contributed by atoms with Gasteiger partial charge in [-0.05, 0) is 25.5 Å². The SMILES string of the molecule is Oc1cc(C2CCCCN2)c(F)cc1F. The molecule has 1 saturated heterocycles. The van der Waals surface area contributed by atoms with Crippen molar-refractivity contribution in [3.63, 3.8) is 0 Å². The van der Waals surface area contributed by atoms with Crippen LogP contribution in [0.1, 0.15) is 30.9 Å². The number of phenols is 1. The minimum absolute atomic E-state index is 0.106. The van der Waals surface area contributed by atoms with Gasteiger partial charge in [0.15, 0.2) is 11.6 Å². The van der Waals surface area contributed by atoms with Crippen molar-refractivity contribution in [1.82, 2.24) is 5.32 Å². The maximum atomic E-state index is 13.4. The van der Waals surface area contributed by atoms with E-state index in [1.165, 1.54) is 6.07 Å². The van der Waals surface area contributed by atoms with Gasteiger partial charge in [0.05, 0.1) is 0 Å². The topological polar surface area (TPSA) is 32.3 Å². The van der Waals surface area contributed by atoms with E-state index < -0.39 is 17.4 Å². The molecule has 1 aromatic rings. The van der Waals surface area contributed by atoms with E-state index in [0.717, 1.165) is 31.9 Å². The molecule has 0 aliphatic carbocycles. The van der Waals surface area contributed by atoms with E-state index in [2.05, 4.69) is 5.32 Å². The Balaban J connectivity index is 2.30. The van der Waals surface area contributed by atoms with Crippen molar-refractivity contribution in [3.05, 3.63) is 29.3 Å². The zero-order valence-corrected chi connectivity index (χ0v) is 8.26. The first-order valence-corrected chi connectivity index (χ1v) is 5.10. The Morgan fingerprint density at radius 3 is 2.67 bits per heavy atom. The van der Waals surface area contributed by atoms with Crippen LogP contribution in [0, 0.1) is 11.6 Å². The summed E-state index contributed by atoms with van der Waals surface area (Å²) in [6.07, 6.45) is 2.92. The molecule has 4 heteroatoms. The molecule has 0 amide bonds. The van der Waals surface area contributed by atoms with Gasteiger partial charge in [0.1, 0.15) is 5.82 Å². The van der Waals surface area contributed by atoms with Gasteiger partial charge in [0.25, 0.3) is 0 Å². The Morgan fingerprint density at radius 2 is 2.00 bits per heavy atom. The standard InChI is InChI=1S/C11H13F2NO/c12-8-6-9(13)11(15)5-7(8)10-3-1-2-4-14-10/h5-6,10,14-15H,1-4H2. The number of benzene rings is 1. The highest BCUT2D eigenvalue weighted by molar-refractivity contribution is 5.32. The number of hydrogen-bond acceptors (Lipinski definition) is 2. The molecule has 2 nitrogen and oxygen atoms in total. The van der Waals surface area contributed by atoms with Crippen LogP contribution in [0.5, 0.6) is 5.75 Å². The molecule has 0 aromatic heterocycles. The minimum Gasteiger partial charge on any atom is -0.505 e. The Labute approximate surface area is 86.9 Å². The fourth-order valence-electron chi connectivity index (χ4n) is 1.94. The van der Waals surface area contributed by atoms with Gasteiger partial charge < -0.3 is 10.4 Å². The highest BCUT2D eigenvalue weighted by atomic mass is 19.1. The summed E-state index contributed by atoms with van der Waals surface area (Å²) in [5.74, 6) is -1.99. The largest absolute Gasteiger partial charge is 0.505 e. The van der Waals surface area contributed by atoms with E-state index in [9.17, 15) is 13.9 Å². The van der Waals surface area contributed by atoms with Crippen molar-refractivity contribution in [2.24, 2.45) is 0 Å². The molecule has 1 aromatic carbocycles. The average molecular weight is 213 g/mol. The van der Waals surface area contributed by atoms with Gasteiger partial charge >= 0.3 is 0 Å². The second-order valence-electron chi connectivity index (χ2n) is 3.83. The summed E-state index contributed by atoms with van der Waals surface area (Å²) in [6.45, 7) is 0.836. The maximum Gasteiger partial charge on any atom is 0.167 e. The summed E-state index contributed by atoms with van der Waals surface area (Å²) in [4.78, 5) is 0. The second-order valence-corrected chi connectivity index (χ2v) is 3.83. The van der Waals surface area contributed by atoms with Crippen molar-refractivity contribution in [2.45, 2.75) is 25.3 Å². The lowest BCUT2D eigenvalue weighted by atomic mass is 9.97. The van der Waals surface area contributed by atoms with Crippen molar-refractivity contribution in [1.29, 1.82) is 0 Å². The highest BCUT2D eigenvalue weighted by Gasteiger charge is 2.20. The molecule has 1 unspecified atom stereocenters. The molecule has 0 radical (unpaired) electrons. The van der Waals surface area contributed by atoms with Crippen LogP contribution < -0.4 is 5.32 Å². The molecule has 0 bridgehead atoms. The summed E-state index contributed by atoms with van der Waals surface area (Å²) >= 11 is 0. The fraction of sp³-hybridized carbons (Fsp3) is 0.455. The van der Waals surface area contributed by atoms with E-state index in [1.807, 2.05) is 0 Å². The first-order chi connectivity index (χ1) is 7.18. The molecule has 2 rings (SSSR count). The van der Waals surface area contributed by atoms with Gasteiger partial charge in [-0.2, -0.15) is 0 Å². The van der Waals surface area contributed by atoms with Gasteiger partial charge in [-0.3, -0.25) is 0 Å². The van der Waals surface area contributed by atoms with Crippen LogP contribution in [0.25, 0.3) is 0 Å². The van der Waals surface area contributed by atoms with Gasteiger partial charge in [0, 0.05) is 17.7 Å². The first kappa shape index (κ1) is 10.4. The first-order valence-electron chi connectivity index (χ1n) is 5.10. The highest BCUT2D eigenvalue weighted by Crippen LogP contribution is 2.29. The number of nitrogens with one attached hydrogen (secondary N) is 1. The van der Waals surface area contributed by atoms with Crippen LogP contribution in [0.4, 0.5) is 8.78 Å². The van der Waals surface area contributed by atoms with Crippen LogP contribution in [0.3, 0.4) is 0 Å². The van der Waals surface area contributed by atoms with E-state index in [1.54, 1.807) is 0 Å². The number of piperidine rings is 1. The molecular weight excluding hydrogens is 200 g/mol. The third-order valence-electron chi connectivity index (χ3n) is 2.75. The third-order valence-corrected chi connectivity index (χ3v) is 2.75. The third kappa shape index (κ3) is 2.09. The molecule has 15 heavy (non-hydrogen) atoms. The minimum atomic E-state index is -0.910. The number of hydrogen-bond donors (Lipinski definition) is 2. The van der Waals surface area contributed by atoms with Crippen molar-refractivity contribution in [3.8, 4) is 5.75 Å². The lowest BCUT2D eigenvalue weighted by molar-refractivity contribution is 0.388. The van der Waals surface area contributed by atoms with Gasteiger partial charge in [-0.1, -0.05) is 6.42 Å². The Bertz CT molecular complexity index is 362. The summed E-state index contributed by atoms with van der Waals surface area (Å²) in [7, 11) is 0. The summed E-state index contributed by atoms with van der Waals surface area (Å²) in [6, 6.07) is 1.81. The average Bonchev–Trinajstić information content (AvgIpc) is 2.25. The van der Waals surface area contributed by atoms with Gasteiger partial charge in [-0.25, -0.2) is 8.78 Å². The quantitative estimate of drug-likeness (QED) is 0.751. The number of aromatic hydroxyl groups is 1. The van der Waals surface area contributed by atoms with E-state index in [0.29, 0.717) is 5.56 Å². The summed E-state index contributed by atoms with van der Waals surface area (Å²) in [5.41, 5.74) is 0.355. The number of phenolic OH excluding ortho intramolecular Hbond substituents is 1. The molecule has 2 N–H and O–H groups in total. The zero-order chi connectivity index (χ0) is 10.8. The van der Waals surface area contributed by atoms with E-state index in [4.69, 9.17) is 0 Å². The molecule has 1 atom stereocenters. The lowest BCUT2D eigenvalue weighted by Gasteiger charge is -2.24. The van der Waals surface area contributed by atoms with Gasteiger partial charge in [0.2, 0.25) is 0 Å². The lowest BCUT2D eigenvalue weighted by Crippen LogP contribution is -2.27. The van der Waals surface area contributed by atoms with Crippen LogP contribution in [0.2, 0.25) is 0 Å². The molecular formula is C11H13F2NO. The summed E-state index contributed by atoms with van der Waals surface area (Å²) < 4.78 is 26.2. The fourth-order valence-corrected chi connectivity index (χ4v) is 1.94. The van der Waals surface area contributed by atoms with Crippen molar-refractivity contribution in [2.75, 3.05) is 6.54 Å². The van der Waals surface area contributed by atoms with E-state index in [-0.39, 0.29) is 6.04 Å².